The molecule has 1 aromatic rings. The van der Waals surface area contributed by atoms with E-state index in [1.54, 1.807) is 7.11 Å². The summed E-state index contributed by atoms with van der Waals surface area (Å²) in [4.78, 5) is 0. The standard InChI is InChI=1S/C12H19NO2/c1-8-7-9(2)12(15-3)11(14)10(8)5-4-6-13/h7,14H,4-6,13H2,1-3H3. The molecule has 3 heteroatoms. The molecule has 3 N–H and O–H groups in total. The third-order valence-corrected chi connectivity index (χ3v) is 2.60. The van der Waals surface area contributed by atoms with Crippen LogP contribution >= 0.6 is 0 Å². The number of phenolic OH excluding ortho intramolecular Hbond substituents is 1. The van der Waals surface area contributed by atoms with Crippen LogP contribution in [0.5, 0.6) is 11.5 Å². The predicted octanol–water partition coefficient (Wildman–Crippen LogP) is 1.91. The van der Waals surface area contributed by atoms with Crippen molar-refractivity contribution < 1.29 is 9.84 Å². The fourth-order valence-corrected chi connectivity index (χ4v) is 1.84. The second-order valence-corrected chi connectivity index (χ2v) is 3.76. The van der Waals surface area contributed by atoms with E-state index in [4.69, 9.17) is 10.5 Å². The molecule has 0 unspecified atom stereocenters. The van der Waals surface area contributed by atoms with Crippen LogP contribution < -0.4 is 10.5 Å². The van der Waals surface area contributed by atoms with Crippen molar-refractivity contribution in [2.75, 3.05) is 13.7 Å². The van der Waals surface area contributed by atoms with Crippen LogP contribution in [0.1, 0.15) is 23.1 Å². The molecule has 0 amide bonds. The maximum atomic E-state index is 10.0. The van der Waals surface area contributed by atoms with E-state index in [9.17, 15) is 5.11 Å². The van der Waals surface area contributed by atoms with Crippen molar-refractivity contribution in [2.45, 2.75) is 26.7 Å². The predicted molar refractivity (Wildman–Crippen MR) is 61.5 cm³/mol. The van der Waals surface area contributed by atoms with E-state index in [1.807, 2.05) is 19.9 Å². The van der Waals surface area contributed by atoms with Crippen LogP contribution in [0.4, 0.5) is 0 Å². The molecule has 0 atom stereocenters. The molecule has 0 bridgehead atoms. The number of nitrogens with two attached hydrogens (primary N) is 1. The molecular formula is C12H19NO2. The smallest absolute Gasteiger partial charge is 0.163 e. The average Bonchev–Trinajstić information content (AvgIpc) is 2.17. The number of rotatable bonds is 4. The Kier molecular flexibility index (Phi) is 3.97. The highest BCUT2D eigenvalue weighted by atomic mass is 16.5. The Morgan fingerprint density at radius 3 is 2.53 bits per heavy atom. The number of benzene rings is 1. The third kappa shape index (κ3) is 2.42. The molecule has 84 valence electrons. The molecule has 0 spiro atoms. The first kappa shape index (κ1) is 11.9. The van der Waals surface area contributed by atoms with Crippen molar-refractivity contribution in [3.63, 3.8) is 0 Å². The lowest BCUT2D eigenvalue weighted by molar-refractivity contribution is 0.367. The minimum atomic E-state index is 0.267. The van der Waals surface area contributed by atoms with Crippen LogP contribution in [-0.4, -0.2) is 18.8 Å². The highest BCUT2D eigenvalue weighted by Gasteiger charge is 2.13. The van der Waals surface area contributed by atoms with Crippen LogP contribution in [0.25, 0.3) is 0 Å². The van der Waals surface area contributed by atoms with E-state index < -0.39 is 0 Å². The highest BCUT2D eigenvalue weighted by Crippen LogP contribution is 2.36. The molecule has 0 aliphatic heterocycles. The van der Waals surface area contributed by atoms with Crippen LogP contribution in [0.2, 0.25) is 0 Å². The van der Waals surface area contributed by atoms with E-state index in [0.717, 1.165) is 29.5 Å². The first-order valence-electron chi connectivity index (χ1n) is 5.18. The average molecular weight is 209 g/mol. The second kappa shape index (κ2) is 5.03. The maximum absolute atomic E-state index is 10.0. The fourth-order valence-electron chi connectivity index (χ4n) is 1.84. The van der Waals surface area contributed by atoms with Crippen LogP contribution in [-0.2, 0) is 6.42 Å². The van der Waals surface area contributed by atoms with Gasteiger partial charge in [0.15, 0.2) is 11.5 Å². The van der Waals surface area contributed by atoms with Crippen molar-refractivity contribution in [1.82, 2.24) is 0 Å². The normalized spacial score (nSPS) is 10.4. The molecule has 0 aliphatic carbocycles. The largest absolute Gasteiger partial charge is 0.504 e. The lowest BCUT2D eigenvalue weighted by atomic mass is 9.99. The lowest BCUT2D eigenvalue weighted by Gasteiger charge is -2.14. The zero-order valence-electron chi connectivity index (χ0n) is 9.63. The Hall–Kier alpha value is -1.22. The van der Waals surface area contributed by atoms with Gasteiger partial charge < -0.3 is 15.6 Å². The number of aromatic hydroxyl groups is 1. The first-order chi connectivity index (χ1) is 7.11. The van der Waals surface area contributed by atoms with Gasteiger partial charge in [0.05, 0.1) is 7.11 Å². The number of methoxy groups -OCH3 is 1. The highest BCUT2D eigenvalue weighted by molar-refractivity contribution is 5.54. The number of ether oxygens (including phenoxy) is 1. The molecule has 0 aromatic heterocycles. The van der Waals surface area contributed by atoms with Gasteiger partial charge >= 0.3 is 0 Å². The van der Waals surface area contributed by atoms with Crippen molar-refractivity contribution in [3.05, 3.63) is 22.8 Å². The van der Waals surface area contributed by atoms with E-state index in [0.29, 0.717) is 12.3 Å². The van der Waals surface area contributed by atoms with Gasteiger partial charge in [0, 0.05) is 5.56 Å². The Morgan fingerprint density at radius 2 is 2.00 bits per heavy atom. The number of hydrogen-bond acceptors (Lipinski definition) is 3. The summed E-state index contributed by atoms with van der Waals surface area (Å²) < 4.78 is 5.17. The van der Waals surface area contributed by atoms with Gasteiger partial charge in [-0.25, -0.2) is 0 Å². The first-order valence-corrected chi connectivity index (χ1v) is 5.18. The van der Waals surface area contributed by atoms with Gasteiger partial charge in [-0.05, 0) is 44.4 Å². The summed E-state index contributed by atoms with van der Waals surface area (Å²) >= 11 is 0. The monoisotopic (exact) mass is 209 g/mol. The summed E-state index contributed by atoms with van der Waals surface area (Å²) in [6, 6.07) is 2.03. The number of hydrogen-bond donors (Lipinski definition) is 2. The van der Waals surface area contributed by atoms with Gasteiger partial charge in [-0.15, -0.1) is 0 Å². The van der Waals surface area contributed by atoms with E-state index in [2.05, 4.69) is 0 Å². The van der Waals surface area contributed by atoms with Gasteiger partial charge in [-0.2, -0.15) is 0 Å². The van der Waals surface area contributed by atoms with Crippen molar-refractivity contribution in [1.29, 1.82) is 0 Å². The summed E-state index contributed by atoms with van der Waals surface area (Å²) in [5.41, 5.74) is 8.47. The van der Waals surface area contributed by atoms with E-state index in [1.165, 1.54) is 0 Å². The van der Waals surface area contributed by atoms with Gasteiger partial charge in [-0.1, -0.05) is 6.07 Å². The summed E-state index contributed by atoms with van der Waals surface area (Å²) in [7, 11) is 1.57. The molecule has 0 aliphatic rings. The fraction of sp³-hybridized carbons (Fsp3) is 0.500. The van der Waals surface area contributed by atoms with Gasteiger partial charge in [0.1, 0.15) is 0 Å². The minimum absolute atomic E-state index is 0.267. The van der Waals surface area contributed by atoms with Crippen LogP contribution in [0.15, 0.2) is 6.07 Å². The molecule has 15 heavy (non-hydrogen) atoms. The van der Waals surface area contributed by atoms with Crippen molar-refractivity contribution >= 4 is 0 Å². The SMILES string of the molecule is COc1c(C)cc(C)c(CCCN)c1O. The van der Waals surface area contributed by atoms with E-state index >= 15 is 0 Å². The molecular weight excluding hydrogens is 190 g/mol. The Morgan fingerprint density at radius 1 is 1.33 bits per heavy atom. The van der Waals surface area contributed by atoms with Gasteiger partial charge in [-0.3, -0.25) is 0 Å². The van der Waals surface area contributed by atoms with Crippen molar-refractivity contribution in [3.8, 4) is 11.5 Å². The Bertz CT molecular complexity index is 348. The lowest BCUT2D eigenvalue weighted by Crippen LogP contribution is -2.02. The van der Waals surface area contributed by atoms with Gasteiger partial charge in [0.25, 0.3) is 0 Å². The quantitative estimate of drug-likeness (QED) is 0.796. The second-order valence-electron chi connectivity index (χ2n) is 3.76. The molecule has 3 nitrogen and oxygen atoms in total. The molecule has 0 saturated carbocycles. The third-order valence-electron chi connectivity index (χ3n) is 2.60. The Balaban J connectivity index is 3.14. The molecule has 0 radical (unpaired) electrons. The van der Waals surface area contributed by atoms with Crippen LogP contribution in [0.3, 0.4) is 0 Å². The summed E-state index contributed by atoms with van der Waals surface area (Å²) in [5.74, 6) is 0.844. The Labute approximate surface area is 90.9 Å². The summed E-state index contributed by atoms with van der Waals surface area (Å²) in [5, 5.41) is 10.0. The maximum Gasteiger partial charge on any atom is 0.163 e. The zero-order valence-corrected chi connectivity index (χ0v) is 9.63. The summed E-state index contributed by atoms with van der Waals surface area (Å²) in [6.45, 7) is 4.56. The number of aryl methyl sites for hydroxylation is 2. The zero-order chi connectivity index (χ0) is 11.4. The van der Waals surface area contributed by atoms with Crippen LogP contribution in [0, 0.1) is 13.8 Å². The van der Waals surface area contributed by atoms with Gasteiger partial charge in [0.2, 0.25) is 0 Å². The number of phenols is 1. The molecule has 0 saturated heterocycles. The molecule has 0 fully saturated rings. The van der Waals surface area contributed by atoms with E-state index in [-0.39, 0.29) is 5.75 Å². The summed E-state index contributed by atoms with van der Waals surface area (Å²) in [6.07, 6.45) is 1.67. The molecule has 0 heterocycles. The topological polar surface area (TPSA) is 55.5 Å². The molecule has 1 aromatic carbocycles. The molecule has 1 rings (SSSR count). The minimum Gasteiger partial charge on any atom is -0.504 e. The van der Waals surface area contributed by atoms with Crippen molar-refractivity contribution in [2.24, 2.45) is 5.73 Å².